The quantitative estimate of drug-likeness (QED) is 0.156. The Morgan fingerprint density at radius 2 is 0.714 bits per heavy atom. The largest absolute Gasteiger partial charge is 0.456 e. The Labute approximate surface area is 327 Å². The van der Waals surface area contributed by atoms with Gasteiger partial charge >= 0.3 is 0 Å². The van der Waals surface area contributed by atoms with Gasteiger partial charge in [0.2, 0.25) is 0 Å². The number of hydrogen-bond donors (Lipinski definition) is 0. The summed E-state index contributed by atoms with van der Waals surface area (Å²) in [5.41, 5.74) is 16.6. The fourth-order valence-corrected chi connectivity index (χ4v) is 7.86. The zero-order valence-corrected chi connectivity index (χ0v) is 30.7. The number of rotatable bonds is 8. The van der Waals surface area contributed by atoms with Crippen molar-refractivity contribution in [2.24, 2.45) is 0 Å². The average Bonchev–Trinajstić information content (AvgIpc) is 3.66. The Kier molecular flexibility index (Phi) is 8.55. The zero-order chi connectivity index (χ0) is 37.3. The summed E-state index contributed by atoms with van der Waals surface area (Å²) in [6.45, 7) is 0. The Morgan fingerprint density at radius 3 is 1.32 bits per heavy atom. The molecule has 10 rings (SSSR count). The maximum Gasteiger partial charge on any atom is 0.137 e. The van der Waals surface area contributed by atoms with Crippen LogP contribution in [0.3, 0.4) is 0 Å². The van der Waals surface area contributed by atoms with Gasteiger partial charge in [0.15, 0.2) is 0 Å². The zero-order valence-electron chi connectivity index (χ0n) is 30.7. The molecule has 56 heavy (non-hydrogen) atoms. The Bertz CT molecular complexity index is 2870. The molecule has 0 N–H and O–H groups in total. The molecule has 0 aliphatic heterocycles. The van der Waals surface area contributed by atoms with Gasteiger partial charge in [-0.25, -0.2) is 0 Å². The van der Waals surface area contributed by atoms with Gasteiger partial charge in [-0.1, -0.05) is 158 Å². The third-order valence-corrected chi connectivity index (χ3v) is 10.7. The molecule has 2 heteroatoms. The smallest absolute Gasteiger partial charge is 0.137 e. The van der Waals surface area contributed by atoms with Crippen LogP contribution in [0.5, 0.6) is 0 Å². The first-order valence-corrected chi connectivity index (χ1v) is 19.1. The summed E-state index contributed by atoms with van der Waals surface area (Å²) in [4.78, 5) is 2.36. The summed E-state index contributed by atoms with van der Waals surface area (Å²) in [5, 5.41) is 2.23. The van der Waals surface area contributed by atoms with Gasteiger partial charge in [-0.15, -0.1) is 0 Å². The van der Waals surface area contributed by atoms with Gasteiger partial charge in [-0.3, -0.25) is 0 Å². The number of nitrogens with zero attached hydrogens (tertiary/aromatic N) is 1. The molecule has 2 nitrogen and oxygen atoms in total. The van der Waals surface area contributed by atoms with E-state index in [0.717, 1.165) is 61.3 Å². The minimum Gasteiger partial charge on any atom is -0.456 e. The van der Waals surface area contributed by atoms with E-state index in [1.54, 1.807) is 0 Å². The van der Waals surface area contributed by atoms with Gasteiger partial charge in [-0.05, 0) is 111 Å². The van der Waals surface area contributed by atoms with Gasteiger partial charge < -0.3 is 9.32 Å². The molecule has 0 bridgehead atoms. The molecule has 0 unspecified atom stereocenters. The summed E-state index contributed by atoms with van der Waals surface area (Å²) in [6, 6.07) is 80.2. The lowest BCUT2D eigenvalue weighted by atomic mass is 9.91. The Morgan fingerprint density at radius 1 is 0.268 bits per heavy atom. The number of hydrogen-bond acceptors (Lipinski definition) is 2. The summed E-state index contributed by atoms with van der Waals surface area (Å²) in [5.74, 6) is 0. The first-order chi connectivity index (χ1) is 27.7. The number of para-hydroxylation sites is 1. The second-order valence-corrected chi connectivity index (χ2v) is 14.2. The lowest BCUT2D eigenvalue weighted by Gasteiger charge is -2.28. The summed E-state index contributed by atoms with van der Waals surface area (Å²) < 4.78 is 6.45. The molecule has 1 aromatic heterocycles. The normalized spacial score (nSPS) is 11.2. The van der Waals surface area contributed by atoms with Crippen LogP contribution in [0.2, 0.25) is 0 Å². The lowest BCUT2D eigenvalue weighted by Crippen LogP contribution is -2.11. The van der Waals surface area contributed by atoms with E-state index in [1.807, 2.05) is 12.1 Å². The molecule has 10 aromatic rings. The van der Waals surface area contributed by atoms with Crippen molar-refractivity contribution in [1.29, 1.82) is 0 Å². The first-order valence-electron chi connectivity index (χ1n) is 19.1. The standard InChI is InChI=1S/C54H37NO/c1-5-15-38(16-6-1)41-25-28-47(29-26-41)55(48-30-31-50-49-23-13-14-24-53(49)56-54(50)37-48)52-32-27-43(36-51(52)42-21-11-4-12-22-42)46-34-44(39-17-7-2-8-18-39)33-45(35-46)40-19-9-3-10-20-40/h1-37H. The highest BCUT2D eigenvalue weighted by Crippen LogP contribution is 2.45. The highest BCUT2D eigenvalue weighted by Gasteiger charge is 2.20. The molecule has 0 fully saturated rings. The maximum atomic E-state index is 6.45. The van der Waals surface area contributed by atoms with Gasteiger partial charge in [0.1, 0.15) is 11.2 Å². The van der Waals surface area contributed by atoms with Crippen molar-refractivity contribution in [1.82, 2.24) is 0 Å². The molecule has 0 amide bonds. The van der Waals surface area contributed by atoms with E-state index < -0.39 is 0 Å². The Balaban J connectivity index is 1.17. The van der Waals surface area contributed by atoms with E-state index in [9.17, 15) is 0 Å². The van der Waals surface area contributed by atoms with Crippen LogP contribution in [0.1, 0.15) is 0 Å². The molecule has 1 heterocycles. The molecule has 264 valence electrons. The SMILES string of the molecule is c1ccc(-c2ccc(N(c3ccc4c(c3)oc3ccccc34)c3ccc(-c4cc(-c5ccccc5)cc(-c5ccccc5)c4)cc3-c3ccccc3)cc2)cc1. The minimum absolute atomic E-state index is 0.860. The monoisotopic (exact) mass is 715 g/mol. The predicted molar refractivity (Wildman–Crippen MR) is 236 cm³/mol. The van der Waals surface area contributed by atoms with Crippen molar-refractivity contribution < 1.29 is 4.42 Å². The third-order valence-electron chi connectivity index (χ3n) is 10.7. The lowest BCUT2D eigenvalue weighted by molar-refractivity contribution is 0.669. The highest BCUT2D eigenvalue weighted by atomic mass is 16.3. The van der Waals surface area contributed by atoms with Crippen molar-refractivity contribution in [2.75, 3.05) is 4.90 Å². The fourth-order valence-electron chi connectivity index (χ4n) is 7.86. The molecule has 0 radical (unpaired) electrons. The number of fused-ring (bicyclic) bond motifs is 3. The van der Waals surface area contributed by atoms with Gasteiger partial charge in [0, 0.05) is 33.8 Å². The van der Waals surface area contributed by atoms with Gasteiger partial charge in [0.25, 0.3) is 0 Å². The van der Waals surface area contributed by atoms with Crippen LogP contribution in [-0.4, -0.2) is 0 Å². The Hall–Kier alpha value is -7.42. The van der Waals surface area contributed by atoms with E-state index in [0.29, 0.717) is 0 Å². The van der Waals surface area contributed by atoms with Crippen LogP contribution >= 0.6 is 0 Å². The van der Waals surface area contributed by atoms with E-state index >= 15 is 0 Å². The topological polar surface area (TPSA) is 16.4 Å². The van der Waals surface area contributed by atoms with E-state index in [2.05, 4.69) is 217 Å². The molecular formula is C54H37NO. The van der Waals surface area contributed by atoms with Gasteiger partial charge in [0.05, 0.1) is 5.69 Å². The number of benzene rings is 9. The van der Waals surface area contributed by atoms with Crippen LogP contribution in [0.4, 0.5) is 17.1 Å². The maximum absolute atomic E-state index is 6.45. The summed E-state index contributed by atoms with van der Waals surface area (Å²) in [7, 11) is 0. The summed E-state index contributed by atoms with van der Waals surface area (Å²) in [6.07, 6.45) is 0. The average molecular weight is 716 g/mol. The molecule has 0 saturated heterocycles. The van der Waals surface area contributed by atoms with Crippen molar-refractivity contribution in [3.05, 3.63) is 224 Å². The molecule has 0 aliphatic rings. The molecule has 0 atom stereocenters. The second kappa shape index (κ2) is 14.4. The molecule has 0 saturated carbocycles. The molecular weight excluding hydrogens is 679 g/mol. The van der Waals surface area contributed by atoms with Crippen LogP contribution in [0.25, 0.3) is 77.6 Å². The molecule has 0 aliphatic carbocycles. The van der Waals surface area contributed by atoms with Crippen molar-refractivity contribution in [3.63, 3.8) is 0 Å². The highest BCUT2D eigenvalue weighted by molar-refractivity contribution is 6.06. The minimum atomic E-state index is 0.860. The number of furan rings is 1. The van der Waals surface area contributed by atoms with E-state index in [4.69, 9.17) is 4.42 Å². The van der Waals surface area contributed by atoms with Crippen molar-refractivity contribution in [2.45, 2.75) is 0 Å². The van der Waals surface area contributed by atoms with Crippen molar-refractivity contribution in [3.8, 4) is 55.6 Å². The van der Waals surface area contributed by atoms with Crippen LogP contribution < -0.4 is 4.90 Å². The number of anilines is 3. The molecule has 9 aromatic carbocycles. The van der Waals surface area contributed by atoms with Crippen LogP contribution in [-0.2, 0) is 0 Å². The van der Waals surface area contributed by atoms with E-state index in [-0.39, 0.29) is 0 Å². The fraction of sp³-hybridized carbons (Fsp3) is 0. The second-order valence-electron chi connectivity index (χ2n) is 14.2. The van der Waals surface area contributed by atoms with Crippen LogP contribution in [0.15, 0.2) is 229 Å². The van der Waals surface area contributed by atoms with E-state index in [1.165, 1.54) is 33.4 Å². The summed E-state index contributed by atoms with van der Waals surface area (Å²) >= 11 is 0. The van der Waals surface area contributed by atoms with Crippen LogP contribution in [0, 0.1) is 0 Å². The predicted octanol–water partition coefficient (Wildman–Crippen LogP) is 15.4. The molecule has 0 spiro atoms. The van der Waals surface area contributed by atoms with Crippen molar-refractivity contribution >= 4 is 39.0 Å². The first kappa shape index (κ1) is 33.2. The van der Waals surface area contributed by atoms with Gasteiger partial charge in [-0.2, -0.15) is 0 Å². The third kappa shape index (κ3) is 6.34.